The van der Waals surface area contributed by atoms with E-state index in [-0.39, 0.29) is 18.0 Å². The van der Waals surface area contributed by atoms with Crippen molar-refractivity contribution < 1.29 is 14.3 Å². The van der Waals surface area contributed by atoms with Gasteiger partial charge >= 0.3 is 5.97 Å². The molecule has 0 aliphatic heterocycles. The predicted octanol–water partition coefficient (Wildman–Crippen LogP) is 3.91. The molecule has 0 bridgehead atoms. The molecular formula is C17H13ClO3. The lowest BCUT2D eigenvalue weighted by molar-refractivity contribution is 0.0547. The Morgan fingerprint density at radius 1 is 1.05 bits per heavy atom. The van der Waals surface area contributed by atoms with Crippen LogP contribution in [0, 0.1) is 0 Å². The second kappa shape index (κ2) is 6.86. The van der Waals surface area contributed by atoms with E-state index in [1.807, 2.05) is 0 Å². The molecule has 0 atom stereocenters. The summed E-state index contributed by atoms with van der Waals surface area (Å²) in [6.07, 6.45) is 1.47. The largest absolute Gasteiger partial charge is 0.458 e. The third-order valence-electron chi connectivity index (χ3n) is 2.83. The van der Waals surface area contributed by atoms with Crippen molar-refractivity contribution in [2.24, 2.45) is 0 Å². The quantitative estimate of drug-likeness (QED) is 0.477. The summed E-state index contributed by atoms with van der Waals surface area (Å²) in [7, 11) is 0. The highest BCUT2D eigenvalue weighted by molar-refractivity contribution is 6.30. The van der Waals surface area contributed by atoms with Gasteiger partial charge in [0.15, 0.2) is 5.78 Å². The second-order valence-corrected chi connectivity index (χ2v) is 4.71. The van der Waals surface area contributed by atoms with Crippen molar-refractivity contribution in [1.82, 2.24) is 0 Å². The molecule has 2 aromatic rings. The molecule has 0 heterocycles. The summed E-state index contributed by atoms with van der Waals surface area (Å²) in [4.78, 5) is 24.5. The molecule has 3 nitrogen and oxygen atoms in total. The highest BCUT2D eigenvalue weighted by Gasteiger charge is 2.18. The zero-order valence-electron chi connectivity index (χ0n) is 11.2. The summed E-state index contributed by atoms with van der Waals surface area (Å²) >= 11 is 5.81. The highest BCUT2D eigenvalue weighted by Crippen LogP contribution is 2.17. The minimum atomic E-state index is -0.548. The Balaban J connectivity index is 2.35. The summed E-state index contributed by atoms with van der Waals surface area (Å²) < 4.78 is 4.99. The summed E-state index contributed by atoms with van der Waals surface area (Å²) in [6, 6.07) is 13.1. The van der Waals surface area contributed by atoms with Crippen LogP contribution in [-0.2, 0) is 4.74 Å². The maximum absolute atomic E-state index is 12.5. The fourth-order valence-corrected chi connectivity index (χ4v) is 1.95. The molecule has 0 amide bonds. The number of halogens is 1. The molecule has 0 fully saturated rings. The average molecular weight is 301 g/mol. The zero-order chi connectivity index (χ0) is 15.2. The first-order valence-corrected chi connectivity index (χ1v) is 6.68. The molecule has 0 saturated carbocycles. The van der Waals surface area contributed by atoms with Crippen LogP contribution >= 0.6 is 11.6 Å². The van der Waals surface area contributed by atoms with Crippen molar-refractivity contribution in [3.05, 3.63) is 82.9 Å². The number of rotatable bonds is 5. The van der Waals surface area contributed by atoms with E-state index in [4.69, 9.17) is 16.3 Å². The standard InChI is InChI=1S/C17H13ClO3/c1-2-11-21-17(20)15-6-4-3-5-14(15)16(19)12-7-9-13(18)10-8-12/h2-10H,1,11H2. The van der Waals surface area contributed by atoms with Gasteiger partial charge in [0, 0.05) is 16.1 Å². The van der Waals surface area contributed by atoms with Gasteiger partial charge in [0.05, 0.1) is 5.56 Å². The number of carbonyl (C=O) groups excluding carboxylic acids is 2. The van der Waals surface area contributed by atoms with E-state index in [2.05, 4.69) is 6.58 Å². The van der Waals surface area contributed by atoms with Gasteiger partial charge in [-0.15, -0.1) is 0 Å². The molecule has 0 unspecified atom stereocenters. The van der Waals surface area contributed by atoms with Gasteiger partial charge in [-0.2, -0.15) is 0 Å². The summed E-state index contributed by atoms with van der Waals surface area (Å²) in [5.74, 6) is -0.800. The van der Waals surface area contributed by atoms with Gasteiger partial charge in [-0.1, -0.05) is 42.5 Å². The van der Waals surface area contributed by atoms with E-state index < -0.39 is 5.97 Å². The molecule has 2 aromatic carbocycles. The summed E-state index contributed by atoms with van der Waals surface area (Å²) in [6.45, 7) is 3.58. The molecular weight excluding hydrogens is 288 g/mol. The zero-order valence-corrected chi connectivity index (χ0v) is 12.0. The van der Waals surface area contributed by atoms with E-state index in [1.165, 1.54) is 6.08 Å². The number of hydrogen-bond acceptors (Lipinski definition) is 3. The molecule has 0 radical (unpaired) electrons. The number of carbonyl (C=O) groups is 2. The number of esters is 1. The molecule has 0 aliphatic rings. The van der Waals surface area contributed by atoms with Crippen LogP contribution in [0.3, 0.4) is 0 Å². The smallest absolute Gasteiger partial charge is 0.339 e. The summed E-state index contributed by atoms with van der Waals surface area (Å²) in [5, 5.41) is 0.547. The lowest BCUT2D eigenvalue weighted by Gasteiger charge is -2.08. The molecule has 0 N–H and O–H groups in total. The monoisotopic (exact) mass is 300 g/mol. The van der Waals surface area contributed by atoms with E-state index >= 15 is 0 Å². The van der Waals surface area contributed by atoms with Crippen molar-refractivity contribution in [2.45, 2.75) is 0 Å². The lowest BCUT2D eigenvalue weighted by atomic mass is 9.98. The van der Waals surface area contributed by atoms with Crippen LogP contribution in [-0.4, -0.2) is 18.4 Å². The third-order valence-corrected chi connectivity index (χ3v) is 3.08. The number of benzene rings is 2. The molecule has 106 valence electrons. The minimum absolute atomic E-state index is 0.0995. The first-order chi connectivity index (χ1) is 10.1. The third kappa shape index (κ3) is 3.58. The maximum atomic E-state index is 12.5. The van der Waals surface area contributed by atoms with Crippen LogP contribution in [0.4, 0.5) is 0 Å². The van der Waals surface area contributed by atoms with Crippen molar-refractivity contribution in [3.8, 4) is 0 Å². The average Bonchev–Trinajstić information content (AvgIpc) is 2.52. The Morgan fingerprint density at radius 3 is 2.29 bits per heavy atom. The van der Waals surface area contributed by atoms with Gasteiger partial charge in [0.25, 0.3) is 0 Å². The fraction of sp³-hybridized carbons (Fsp3) is 0.0588. The van der Waals surface area contributed by atoms with E-state index in [0.717, 1.165) is 0 Å². The lowest BCUT2D eigenvalue weighted by Crippen LogP contribution is -2.12. The van der Waals surface area contributed by atoms with Crippen molar-refractivity contribution >= 4 is 23.4 Å². The van der Waals surface area contributed by atoms with Crippen LogP contribution < -0.4 is 0 Å². The Kier molecular flexibility index (Phi) is 4.90. The topological polar surface area (TPSA) is 43.4 Å². The first kappa shape index (κ1) is 15.0. The number of hydrogen-bond donors (Lipinski definition) is 0. The Hall–Kier alpha value is -2.39. The minimum Gasteiger partial charge on any atom is -0.458 e. The number of ether oxygens (including phenoxy) is 1. The van der Waals surface area contributed by atoms with Gasteiger partial charge in [-0.3, -0.25) is 4.79 Å². The Bertz CT molecular complexity index is 675. The molecule has 0 saturated heterocycles. The molecule has 4 heteroatoms. The molecule has 21 heavy (non-hydrogen) atoms. The van der Waals surface area contributed by atoms with Crippen molar-refractivity contribution in [3.63, 3.8) is 0 Å². The van der Waals surface area contributed by atoms with Gasteiger partial charge < -0.3 is 4.74 Å². The normalized spacial score (nSPS) is 9.95. The van der Waals surface area contributed by atoms with E-state index in [0.29, 0.717) is 16.1 Å². The number of ketones is 1. The first-order valence-electron chi connectivity index (χ1n) is 6.31. The molecule has 0 aliphatic carbocycles. The predicted molar refractivity (Wildman–Crippen MR) is 81.8 cm³/mol. The van der Waals surface area contributed by atoms with Gasteiger partial charge in [-0.25, -0.2) is 4.79 Å². The molecule has 0 aromatic heterocycles. The Labute approximate surface area is 127 Å². The van der Waals surface area contributed by atoms with Crippen molar-refractivity contribution in [2.75, 3.05) is 6.61 Å². The second-order valence-electron chi connectivity index (χ2n) is 4.27. The maximum Gasteiger partial charge on any atom is 0.339 e. The van der Waals surface area contributed by atoms with Crippen LogP contribution in [0.25, 0.3) is 0 Å². The van der Waals surface area contributed by atoms with Crippen LogP contribution in [0.15, 0.2) is 61.2 Å². The van der Waals surface area contributed by atoms with Gasteiger partial charge in [0.2, 0.25) is 0 Å². The Morgan fingerprint density at radius 2 is 1.67 bits per heavy atom. The molecule has 2 rings (SSSR count). The van der Waals surface area contributed by atoms with Crippen LogP contribution in [0.2, 0.25) is 5.02 Å². The van der Waals surface area contributed by atoms with Gasteiger partial charge in [0.1, 0.15) is 6.61 Å². The highest BCUT2D eigenvalue weighted by atomic mass is 35.5. The van der Waals surface area contributed by atoms with E-state index in [9.17, 15) is 9.59 Å². The SMILES string of the molecule is C=CCOC(=O)c1ccccc1C(=O)c1ccc(Cl)cc1. The van der Waals surface area contributed by atoms with E-state index in [1.54, 1.807) is 48.5 Å². The van der Waals surface area contributed by atoms with Crippen molar-refractivity contribution in [1.29, 1.82) is 0 Å². The van der Waals surface area contributed by atoms with Crippen LogP contribution in [0.5, 0.6) is 0 Å². The molecule has 0 spiro atoms. The fourth-order valence-electron chi connectivity index (χ4n) is 1.83. The van der Waals surface area contributed by atoms with Crippen LogP contribution in [0.1, 0.15) is 26.3 Å². The van der Waals surface area contributed by atoms with Gasteiger partial charge in [-0.05, 0) is 30.3 Å². The summed E-state index contributed by atoms with van der Waals surface area (Å²) in [5.41, 5.74) is 0.997.